The van der Waals surface area contributed by atoms with Crippen molar-refractivity contribution in [1.82, 2.24) is 14.5 Å². The van der Waals surface area contributed by atoms with Gasteiger partial charge in [-0.3, -0.25) is 4.57 Å². The normalized spacial score (nSPS) is 10.7. The number of hydrogen-bond donors (Lipinski definition) is 3. The van der Waals surface area contributed by atoms with Crippen molar-refractivity contribution in [2.45, 2.75) is 0 Å². The fraction of sp³-hybridized carbons (Fsp3) is 0. The number of rotatable bonds is 3. The highest BCUT2D eigenvalue weighted by molar-refractivity contribution is 5.99. The van der Waals surface area contributed by atoms with Crippen LogP contribution in [0.3, 0.4) is 0 Å². The van der Waals surface area contributed by atoms with Crippen LogP contribution >= 0.6 is 0 Å². The molecule has 1 amide bonds. The number of hydrogen-bond acceptors (Lipinski definition) is 5. The van der Waals surface area contributed by atoms with E-state index < -0.39 is 0 Å². The first-order valence-corrected chi connectivity index (χ1v) is 8.11. The van der Waals surface area contributed by atoms with E-state index in [9.17, 15) is 9.18 Å². The van der Waals surface area contributed by atoms with Crippen LogP contribution in [-0.4, -0.2) is 20.6 Å². The summed E-state index contributed by atoms with van der Waals surface area (Å²) in [5, 5.41) is 6.77. The summed E-state index contributed by atoms with van der Waals surface area (Å²) in [5.74, 6) is 0.548. The van der Waals surface area contributed by atoms with E-state index in [4.69, 9.17) is 5.73 Å². The lowest BCUT2D eigenvalue weighted by molar-refractivity contribution is 0.254. The molecule has 0 saturated carbocycles. The van der Waals surface area contributed by atoms with Gasteiger partial charge >= 0.3 is 6.03 Å². The molecule has 0 radical (unpaired) electrons. The molecule has 4 N–H and O–H groups in total. The summed E-state index contributed by atoms with van der Waals surface area (Å²) in [4.78, 5) is 20.5. The van der Waals surface area contributed by atoms with Crippen LogP contribution in [0.4, 0.5) is 32.2 Å². The second-order valence-electron chi connectivity index (χ2n) is 5.85. The van der Waals surface area contributed by atoms with Crippen molar-refractivity contribution in [2.24, 2.45) is 0 Å². The Morgan fingerprint density at radius 1 is 1.00 bits per heavy atom. The molecule has 0 aliphatic carbocycles. The van der Waals surface area contributed by atoms with Gasteiger partial charge in [0.25, 0.3) is 0 Å². The average Bonchev–Trinajstić information content (AvgIpc) is 3.07. The van der Waals surface area contributed by atoms with E-state index in [1.54, 1.807) is 12.3 Å². The summed E-state index contributed by atoms with van der Waals surface area (Å²) in [6.45, 7) is 0. The zero-order valence-electron chi connectivity index (χ0n) is 14.1. The van der Waals surface area contributed by atoms with Crippen LogP contribution in [0, 0.1) is 5.82 Å². The topological polar surface area (TPSA) is 97.9 Å². The highest BCUT2D eigenvalue weighted by Crippen LogP contribution is 2.23. The van der Waals surface area contributed by atoms with E-state index in [0.717, 1.165) is 11.1 Å². The van der Waals surface area contributed by atoms with Crippen molar-refractivity contribution >= 4 is 39.9 Å². The molecule has 0 atom stereocenters. The minimum Gasteiger partial charge on any atom is -0.384 e. The summed E-state index contributed by atoms with van der Waals surface area (Å²) < 4.78 is 14.5. The first-order chi connectivity index (χ1) is 13.1. The highest BCUT2D eigenvalue weighted by Gasteiger charge is 2.10. The number of nitrogens with zero attached hydrogens (tertiary/aromatic N) is 3. The van der Waals surface area contributed by atoms with Crippen LogP contribution in [0.25, 0.3) is 10.9 Å². The molecule has 2 heterocycles. The third kappa shape index (κ3) is 3.54. The van der Waals surface area contributed by atoms with Gasteiger partial charge in [0.15, 0.2) is 0 Å². The highest BCUT2D eigenvalue weighted by atomic mass is 19.1. The third-order valence-electron chi connectivity index (χ3n) is 3.97. The Labute approximate surface area is 153 Å². The van der Waals surface area contributed by atoms with E-state index in [1.165, 1.54) is 35.2 Å². The number of halogens is 1. The second-order valence-corrected chi connectivity index (χ2v) is 5.85. The second kappa shape index (κ2) is 6.75. The lowest BCUT2D eigenvalue weighted by Gasteiger charge is -2.09. The maximum absolute atomic E-state index is 13.0. The predicted octanol–water partition coefficient (Wildman–Crippen LogP) is 3.98. The molecular formula is C19H15FN6O. The van der Waals surface area contributed by atoms with Gasteiger partial charge in [0, 0.05) is 29.0 Å². The summed E-state index contributed by atoms with van der Waals surface area (Å²) in [5.41, 5.74) is 7.62. The molecule has 2 aromatic heterocycles. The monoisotopic (exact) mass is 362 g/mol. The average molecular weight is 362 g/mol. The van der Waals surface area contributed by atoms with Crippen LogP contribution in [0.15, 0.2) is 67.1 Å². The lowest BCUT2D eigenvalue weighted by atomic mass is 10.2. The molecule has 7 nitrogen and oxygen atoms in total. The van der Waals surface area contributed by atoms with E-state index in [1.807, 2.05) is 24.3 Å². The Kier molecular flexibility index (Phi) is 4.13. The molecule has 0 unspecified atom stereocenters. The summed E-state index contributed by atoms with van der Waals surface area (Å²) in [7, 11) is 0. The number of nitrogens with two attached hydrogens (primary N) is 1. The lowest BCUT2D eigenvalue weighted by Crippen LogP contribution is -2.18. The van der Waals surface area contributed by atoms with E-state index in [-0.39, 0.29) is 11.8 Å². The minimum absolute atomic E-state index is 0.347. The van der Waals surface area contributed by atoms with Gasteiger partial charge in [-0.15, -0.1) is 0 Å². The zero-order chi connectivity index (χ0) is 18.8. The molecule has 0 aliphatic heterocycles. The van der Waals surface area contributed by atoms with Gasteiger partial charge in [0.1, 0.15) is 23.8 Å². The Morgan fingerprint density at radius 2 is 1.78 bits per heavy atom. The molecule has 0 fully saturated rings. The first kappa shape index (κ1) is 16.5. The van der Waals surface area contributed by atoms with Gasteiger partial charge in [0.05, 0.1) is 5.52 Å². The number of nitrogens with one attached hydrogen (secondary N) is 2. The van der Waals surface area contributed by atoms with Crippen LogP contribution in [0.2, 0.25) is 0 Å². The van der Waals surface area contributed by atoms with Gasteiger partial charge in [-0.05, 0) is 42.5 Å². The first-order valence-electron chi connectivity index (χ1n) is 8.11. The van der Waals surface area contributed by atoms with Gasteiger partial charge in [-0.1, -0.05) is 6.07 Å². The SMILES string of the molecule is Nc1cc(Nc2ccc3ccn(C(=O)Nc4ccc(F)cc4)c3c2)ncn1. The smallest absolute Gasteiger partial charge is 0.330 e. The maximum Gasteiger partial charge on any atom is 0.330 e. The van der Waals surface area contributed by atoms with Crippen molar-refractivity contribution in [3.63, 3.8) is 0 Å². The van der Waals surface area contributed by atoms with Gasteiger partial charge < -0.3 is 16.4 Å². The molecule has 4 aromatic rings. The Hall–Kier alpha value is -3.94. The van der Waals surface area contributed by atoms with Crippen LogP contribution in [0.1, 0.15) is 0 Å². The van der Waals surface area contributed by atoms with Crippen molar-refractivity contribution in [3.05, 3.63) is 72.9 Å². The Morgan fingerprint density at radius 3 is 2.56 bits per heavy atom. The van der Waals surface area contributed by atoms with Crippen molar-refractivity contribution in [2.75, 3.05) is 16.4 Å². The van der Waals surface area contributed by atoms with E-state index >= 15 is 0 Å². The molecule has 0 spiro atoms. The largest absolute Gasteiger partial charge is 0.384 e. The molecule has 134 valence electrons. The fourth-order valence-electron chi connectivity index (χ4n) is 2.69. The van der Waals surface area contributed by atoms with E-state index in [0.29, 0.717) is 22.8 Å². The van der Waals surface area contributed by atoms with E-state index in [2.05, 4.69) is 20.6 Å². The molecule has 4 rings (SSSR count). The van der Waals surface area contributed by atoms with Crippen LogP contribution in [0.5, 0.6) is 0 Å². The number of benzene rings is 2. The summed E-state index contributed by atoms with van der Waals surface area (Å²) >= 11 is 0. The van der Waals surface area contributed by atoms with Crippen LogP contribution in [-0.2, 0) is 0 Å². The van der Waals surface area contributed by atoms with Crippen molar-refractivity contribution in [3.8, 4) is 0 Å². The number of nitrogen functional groups attached to an aromatic ring is 1. The number of carbonyl (C=O) groups excluding carboxylic acids is 1. The Bertz CT molecular complexity index is 1120. The minimum atomic E-state index is -0.361. The summed E-state index contributed by atoms with van der Waals surface area (Å²) in [6.07, 6.45) is 3.05. The number of fused-ring (bicyclic) bond motifs is 1. The standard InChI is InChI=1S/C19H15FN6O/c20-13-2-5-14(6-3-13)25-19(27)26-8-7-12-1-4-15(9-16(12)26)24-18-10-17(21)22-11-23-18/h1-11H,(H,25,27)(H3,21,22,23,24). The molecule has 0 aliphatic rings. The van der Waals surface area contributed by atoms with Crippen molar-refractivity contribution in [1.29, 1.82) is 0 Å². The van der Waals surface area contributed by atoms with Gasteiger partial charge in [-0.2, -0.15) is 0 Å². The fourth-order valence-corrected chi connectivity index (χ4v) is 2.69. The predicted molar refractivity (Wildman–Crippen MR) is 102 cm³/mol. The zero-order valence-corrected chi connectivity index (χ0v) is 14.1. The third-order valence-corrected chi connectivity index (χ3v) is 3.97. The van der Waals surface area contributed by atoms with Crippen LogP contribution < -0.4 is 16.4 Å². The molecule has 0 saturated heterocycles. The summed E-state index contributed by atoms with van der Waals surface area (Å²) in [6, 6.07) is 14.3. The number of anilines is 4. The molecule has 27 heavy (non-hydrogen) atoms. The number of carbonyl (C=O) groups is 1. The molecule has 0 bridgehead atoms. The number of aromatic nitrogens is 3. The van der Waals surface area contributed by atoms with Gasteiger partial charge in [0.2, 0.25) is 0 Å². The maximum atomic E-state index is 13.0. The van der Waals surface area contributed by atoms with Gasteiger partial charge in [-0.25, -0.2) is 19.2 Å². The molecular weight excluding hydrogens is 347 g/mol. The van der Waals surface area contributed by atoms with Crippen molar-refractivity contribution < 1.29 is 9.18 Å². The molecule has 2 aromatic carbocycles. The molecule has 8 heteroatoms. The Balaban J connectivity index is 1.61. The quantitative estimate of drug-likeness (QED) is 0.512. The number of amides is 1.